The van der Waals surface area contributed by atoms with Crippen LogP contribution in [0.3, 0.4) is 0 Å². The van der Waals surface area contributed by atoms with Gasteiger partial charge in [0.05, 0.1) is 12.2 Å². The Kier molecular flexibility index (Phi) is 7.13. The van der Waals surface area contributed by atoms with Crippen molar-refractivity contribution in [3.63, 3.8) is 0 Å². The Morgan fingerprint density at radius 3 is 2.70 bits per heavy atom. The summed E-state index contributed by atoms with van der Waals surface area (Å²) in [4.78, 5) is 11.0. The molecule has 30 heavy (non-hydrogen) atoms. The lowest BCUT2D eigenvalue weighted by atomic mass is 9.55. The van der Waals surface area contributed by atoms with Gasteiger partial charge < -0.3 is 20.1 Å². The summed E-state index contributed by atoms with van der Waals surface area (Å²) in [5.74, 6) is -0.171. The molecule has 0 heterocycles. The minimum Gasteiger partial charge on any atom is -0.482 e. The van der Waals surface area contributed by atoms with Crippen LogP contribution in [0, 0.1) is 16.7 Å². The number of aliphatic carboxylic acids is 1. The van der Waals surface area contributed by atoms with E-state index in [0.29, 0.717) is 5.75 Å². The monoisotopic (exact) mass is 418 g/mol. The highest BCUT2D eigenvalue weighted by Crippen LogP contribution is 2.63. The summed E-state index contributed by atoms with van der Waals surface area (Å²) in [6, 6.07) is 5.89. The molecule has 168 valence electrons. The summed E-state index contributed by atoms with van der Waals surface area (Å²) < 4.78 is 5.58. The number of carbonyl (C=O) groups is 1. The minimum absolute atomic E-state index is 0.0615. The molecule has 0 spiro atoms. The quantitative estimate of drug-likeness (QED) is 0.491. The third-order valence-electron chi connectivity index (χ3n) is 7.98. The van der Waals surface area contributed by atoms with Gasteiger partial charge in [0.2, 0.25) is 0 Å². The van der Waals surface area contributed by atoms with Gasteiger partial charge >= 0.3 is 5.97 Å². The number of fused-ring (bicyclic) bond motifs is 2. The van der Waals surface area contributed by atoms with Crippen molar-refractivity contribution in [1.82, 2.24) is 0 Å². The van der Waals surface area contributed by atoms with Gasteiger partial charge in [-0.1, -0.05) is 52.2 Å². The van der Waals surface area contributed by atoms with Crippen molar-refractivity contribution in [2.24, 2.45) is 16.7 Å². The van der Waals surface area contributed by atoms with E-state index in [9.17, 15) is 15.0 Å². The van der Waals surface area contributed by atoms with Crippen LogP contribution in [-0.2, 0) is 17.6 Å². The van der Waals surface area contributed by atoms with E-state index in [2.05, 4.69) is 26.8 Å². The number of carboxylic acids is 1. The van der Waals surface area contributed by atoms with Gasteiger partial charge in [-0.3, -0.25) is 0 Å². The second-order valence-electron chi connectivity index (χ2n) is 10.0. The first-order valence-electron chi connectivity index (χ1n) is 11.5. The molecule has 2 aliphatic carbocycles. The predicted octanol–water partition coefficient (Wildman–Crippen LogP) is 4.36. The van der Waals surface area contributed by atoms with E-state index in [-0.39, 0.29) is 35.6 Å². The highest BCUT2D eigenvalue weighted by Gasteiger charge is 2.60. The molecule has 0 radical (unpaired) electrons. The third-order valence-corrected chi connectivity index (χ3v) is 7.98. The highest BCUT2D eigenvalue weighted by atomic mass is 16.5. The topological polar surface area (TPSA) is 87.0 Å². The van der Waals surface area contributed by atoms with Crippen LogP contribution in [0.2, 0.25) is 0 Å². The third kappa shape index (κ3) is 4.52. The lowest BCUT2D eigenvalue weighted by molar-refractivity contribution is -0.139. The Morgan fingerprint density at radius 2 is 2.00 bits per heavy atom. The molecule has 5 heteroatoms. The summed E-state index contributed by atoms with van der Waals surface area (Å²) >= 11 is 0. The van der Waals surface area contributed by atoms with E-state index >= 15 is 0 Å². The van der Waals surface area contributed by atoms with E-state index in [1.807, 2.05) is 12.1 Å². The van der Waals surface area contributed by atoms with Crippen LogP contribution in [0.1, 0.15) is 76.8 Å². The van der Waals surface area contributed by atoms with E-state index in [0.717, 1.165) is 63.4 Å². The molecule has 0 saturated heterocycles. The Balaban J connectivity index is 1.76. The van der Waals surface area contributed by atoms with Crippen LogP contribution in [0.4, 0.5) is 0 Å². The number of unbranched alkanes of at least 4 members (excludes halogenated alkanes) is 2. The number of rotatable bonds is 10. The van der Waals surface area contributed by atoms with Gasteiger partial charge in [0.25, 0.3) is 0 Å². The van der Waals surface area contributed by atoms with Gasteiger partial charge in [-0.25, -0.2) is 4.79 Å². The van der Waals surface area contributed by atoms with E-state index in [1.54, 1.807) is 0 Å². The van der Waals surface area contributed by atoms with Gasteiger partial charge in [0.15, 0.2) is 6.61 Å². The van der Waals surface area contributed by atoms with Crippen LogP contribution in [0.15, 0.2) is 18.2 Å². The molecule has 5 atom stereocenters. The van der Waals surface area contributed by atoms with Gasteiger partial charge in [-0.15, -0.1) is 0 Å². The molecule has 1 aromatic rings. The largest absolute Gasteiger partial charge is 0.482 e. The van der Waals surface area contributed by atoms with E-state index < -0.39 is 5.97 Å². The Bertz CT molecular complexity index is 747. The smallest absolute Gasteiger partial charge is 0.341 e. The van der Waals surface area contributed by atoms with E-state index in [1.165, 1.54) is 5.56 Å². The zero-order chi connectivity index (χ0) is 21.9. The Labute approximate surface area is 180 Å². The molecule has 1 saturated carbocycles. The van der Waals surface area contributed by atoms with Gasteiger partial charge in [-0.2, -0.15) is 0 Å². The molecule has 0 amide bonds. The summed E-state index contributed by atoms with van der Waals surface area (Å²) in [5, 5.41) is 30.4. The fourth-order valence-electron chi connectivity index (χ4n) is 6.02. The first kappa shape index (κ1) is 23.1. The first-order valence-corrected chi connectivity index (χ1v) is 11.5. The fraction of sp³-hybridized carbons (Fsp3) is 0.720. The van der Waals surface area contributed by atoms with Crippen LogP contribution in [0.5, 0.6) is 5.75 Å². The molecule has 5 nitrogen and oxygen atoms in total. The van der Waals surface area contributed by atoms with Crippen LogP contribution in [-0.4, -0.2) is 40.1 Å². The van der Waals surface area contributed by atoms with Crippen LogP contribution >= 0.6 is 0 Å². The molecule has 0 aromatic heterocycles. The zero-order valence-corrected chi connectivity index (χ0v) is 18.7. The van der Waals surface area contributed by atoms with Crippen molar-refractivity contribution in [3.05, 3.63) is 29.3 Å². The minimum atomic E-state index is -0.978. The molecule has 3 rings (SSSR count). The number of aliphatic hydroxyl groups is 2. The lowest BCUT2D eigenvalue weighted by Gasteiger charge is -2.49. The maximum Gasteiger partial charge on any atom is 0.341 e. The second kappa shape index (κ2) is 9.27. The summed E-state index contributed by atoms with van der Waals surface area (Å²) in [6.45, 7) is 6.38. The maximum atomic E-state index is 11.0. The molecule has 0 unspecified atom stereocenters. The Morgan fingerprint density at radius 1 is 1.23 bits per heavy atom. The average molecular weight is 419 g/mol. The molecule has 1 aromatic carbocycles. The number of benzene rings is 1. The zero-order valence-electron chi connectivity index (χ0n) is 18.7. The molecule has 3 N–H and O–H groups in total. The van der Waals surface area contributed by atoms with Gasteiger partial charge in [-0.05, 0) is 72.5 Å². The predicted molar refractivity (Wildman–Crippen MR) is 117 cm³/mol. The second-order valence-corrected chi connectivity index (χ2v) is 10.0. The summed E-state index contributed by atoms with van der Waals surface area (Å²) in [7, 11) is 0. The summed E-state index contributed by atoms with van der Waals surface area (Å²) in [6.07, 6.45) is 7.49. The van der Waals surface area contributed by atoms with Crippen molar-refractivity contribution in [1.29, 1.82) is 0 Å². The molecular formula is C25H38O5. The number of aliphatic hydroxyl groups excluding tert-OH is 2. The Hall–Kier alpha value is -1.59. The van der Waals surface area contributed by atoms with Crippen LogP contribution < -0.4 is 4.74 Å². The van der Waals surface area contributed by atoms with Gasteiger partial charge in [0.1, 0.15) is 5.75 Å². The van der Waals surface area contributed by atoms with Crippen molar-refractivity contribution < 1.29 is 24.9 Å². The first-order chi connectivity index (χ1) is 14.2. The molecule has 0 bridgehead atoms. The van der Waals surface area contributed by atoms with Crippen molar-refractivity contribution >= 4 is 5.97 Å². The molecular weight excluding hydrogens is 380 g/mol. The molecule has 2 aliphatic rings. The fourth-order valence-corrected chi connectivity index (χ4v) is 6.02. The van der Waals surface area contributed by atoms with E-state index in [4.69, 9.17) is 9.84 Å². The van der Waals surface area contributed by atoms with Crippen molar-refractivity contribution in [2.45, 2.75) is 90.8 Å². The lowest BCUT2D eigenvalue weighted by Crippen LogP contribution is -2.44. The number of hydrogen-bond donors (Lipinski definition) is 3. The normalized spacial score (nSPS) is 31.1. The number of carboxylic acid groups (broad SMARTS) is 1. The maximum absolute atomic E-state index is 11.0. The van der Waals surface area contributed by atoms with Crippen molar-refractivity contribution in [2.75, 3.05) is 6.61 Å². The van der Waals surface area contributed by atoms with Crippen molar-refractivity contribution in [3.8, 4) is 5.75 Å². The standard InChI is InChI=1S/C25H38O5/c1-4-5-6-9-18(26)11-12-20-21(27)15-24(2)14-19-17(13-25(20,24)3)8-7-10-22(19)30-16-23(28)29/h7-8,10,18,20-21,26-27H,4-6,9,11-16H2,1-3H3,(H,28,29)/t18-,20-,21+,24-,25+/m0/s1. The highest BCUT2D eigenvalue weighted by molar-refractivity contribution is 5.68. The van der Waals surface area contributed by atoms with Crippen LogP contribution in [0.25, 0.3) is 0 Å². The molecule has 0 aliphatic heterocycles. The average Bonchev–Trinajstić information content (AvgIpc) is 2.87. The SMILES string of the molecule is CCCCC[C@H](O)CC[C@H]1[C@H](O)C[C@]2(C)Cc3c(cccc3OCC(=O)O)C[C@]12C. The summed E-state index contributed by atoms with van der Waals surface area (Å²) in [5.41, 5.74) is 2.14. The molecule has 1 fully saturated rings. The number of ether oxygens (including phenoxy) is 1. The number of hydrogen-bond acceptors (Lipinski definition) is 4. The van der Waals surface area contributed by atoms with Gasteiger partial charge in [0, 0.05) is 0 Å².